The quantitative estimate of drug-likeness (QED) is 0.163. The molecule has 7 rings (SSSR count). The Labute approximate surface area is 271 Å². The summed E-state index contributed by atoms with van der Waals surface area (Å²) >= 11 is 0. The molecule has 0 radical (unpaired) electrons. The molecule has 0 bridgehead atoms. The smallest absolute Gasteiger partial charge is 0.416 e. The molecule has 238 valence electrons. The van der Waals surface area contributed by atoms with E-state index in [2.05, 4.69) is 36.7 Å². The van der Waals surface area contributed by atoms with Gasteiger partial charge in [0.25, 0.3) is 0 Å². The van der Waals surface area contributed by atoms with Crippen molar-refractivity contribution < 1.29 is 32.2 Å². The van der Waals surface area contributed by atoms with Crippen molar-refractivity contribution in [3.8, 4) is 16.9 Å². The summed E-state index contributed by atoms with van der Waals surface area (Å²) in [5.41, 5.74) is 7.29. The molecule has 0 amide bonds. The van der Waals surface area contributed by atoms with Gasteiger partial charge in [0.05, 0.1) is 18.2 Å². The molecule has 0 saturated carbocycles. The van der Waals surface area contributed by atoms with Crippen LogP contribution in [0.25, 0.3) is 33.0 Å². The highest BCUT2D eigenvalue weighted by atomic mass is 19.4. The van der Waals surface area contributed by atoms with E-state index in [4.69, 9.17) is 4.74 Å². The summed E-state index contributed by atoms with van der Waals surface area (Å²) in [5, 5.41) is 1.14. The normalized spacial score (nSPS) is 16.1. The third-order valence-electron chi connectivity index (χ3n) is 9.06. The number of hydrogen-bond acceptors (Lipinski definition) is 4. The highest BCUT2D eigenvalue weighted by molar-refractivity contribution is 6.13. The van der Waals surface area contributed by atoms with Crippen LogP contribution in [-0.2, 0) is 26.9 Å². The average molecular weight is 635 g/mol. The van der Waals surface area contributed by atoms with E-state index in [0.29, 0.717) is 51.5 Å². The molecule has 47 heavy (non-hydrogen) atoms. The van der Waals surface area contributed by atoms with Gasteiger partial charge in [0.2, 0.25) is 0 Å². The molecule has 0 atom stereocenters. The maximum Gasteiger partial charge on any atom is 0.416 e. The Kier molecular flexibility index (Phi) is 8.29. The van der Waals surface area contributed by atoms with E-state index >= 15 is 0 Å². The fourth-order valence-electron chi connectivity index (χ4n) is 6.53. The molecule has 0 spiro atoms. The number of halogens is 3. The number of allylic oxidation sites excluding steroid dienone is 5. The van der Waals surface area contributed by atoms with Gasteiger partial charge in [-0.1, -0.05) is 91.7 Å². The van der Waals surface area contributed by atoms with Crippen LogP contribution >= 0.6 is 0 Å². The van der Waals surface area contributed by atoms with E-state index in [1.165, 1.54) is 31.1 Å². The van der Waals surface area contributed by atoms with E-state index in [-0.39, 0.29) is 11.4 Å². The number of ether oxygens (including phenoxy) is 2. The fraction of sp³-hybridized carbons (Fsp3) is 0.225. The van der Waals surface area contributed by atoms with Crippen molar-refractivity contribution in [3.63, 3.8) is 0 Å². The Morgan fingerprint density at radius 1 is 0.957 bits per heavy atom. The molecule has 0 aromatic heterocycles. The topological polar surface area (TPSA) is 52.6 Å². The second kappa shape index (κ2) is 12.2. The Morgan fingerprint density at radius 2 is 1.70 bits per heavy atom. The number of methoxy groups -OCH3 is 1. The first kappa shape index (κ1) is 31.8. The van der Waals surface area contributed by atoms with Crippen LogP contribution in [0.2, 0.25) is 0 Å². The number of para-hydroxylation sites is 1. The SMILES string of the molecule is COC(=O)C1=COc2ccccc2C1.Cc1ccc(-c2cc(C(F)(F)F)cc3ccc4c(c23)C(=C=O)CC2=C4C=CCC2(C)C)cc1. The molecule has 4 aromatic carbocycles. The number of carbonyl (C=O) groups is 1. The van der Waals surface area contributed by atoms with E-state index < -0.39 is 11.7 Å². The van der Waals surface area contributed by atoms with Gasteiger partial charge in [0, 0.05) is 24.0 Å². The summed E-state index contributed by atoms with van der Waals surface area (Å²) in [5.74, 6) is 2.61. The number of fused-ring (bicyclic) bond motifs is 5. The molecule has 2 aliphatic carbocycles. The van der Waals surface area contributed by atoms with Crippen molar-refractivity contribution in [2.75, 3.05) is 7.11 Å². The van der Waals surface area contributed by atoms with E-state index in [9.17, 15) is 22.8 Å². The van der Waals surface area contributed by atoms with Gasteiger partial charge in [-0.2, -0.15) is 13.2 Å². The highest BCUT2D eigenvalue weighted by Crippen LogP contribution is 2.52. The fourth-order valence-corrected chi connectivity index (χ4v) is 6.53. The minimum Gasteiger partial charge on any atom is -0.466 e. The summed E-state index contributed by atoms with van der Waals surface area (Å²) < 4.78 is 51.3. The standard InChI is InChI=1S/C29H23F3O.C11H10O3/c1-17-6-8-18(9-7-17)24-15-21(29(30,31)32)13-19-10-11-23-22-5-4-12-28(2,3)25(22)14-20(16-33)27(23)26(19)24;1-13-11(12)9-6-8-4-2-3-5-10(8)14-7-9/h4-11,13,15H,12,14H2,1-3H3;2-5,7H,6H2,1H3. The minimum atomic E-state index is -4.47. The van der Waals surface area contributed by atoms with Crippen LogP contribution in [0.15, 0.2) is 102 Å². The van der Waals surface area contributed by atoms with Crippen LogP contribution in [-0.4, -0.2) is 19.0 Å². The van der Waals surface area contributed by atoms with Gasteiger partial charge in [-0.3, -0.25) is 0 Å². The van der Waals surface area contributed by atoms with Crippen LogP contribution in [0.3, 0.4) is 0 Å². The first-order valence-electron chi connectivity index (χ1n) is 15.3. The van der Waals surface area contributed by atoms with Crippen molar-refractivity contribution in [2.45, 2.75) is 46.2 Å². The van der Waals surface area contributed by atoms with Gasteiger partial charge in [-0.05, 0) is 75.6 Å². The number of alkyl halides is 3. The summed E-state index contributed by atoms with van der Waals surface area (Å²) in [6.45, 7) is 6.26. The predicted molar refractivity (Wildman–Crippen MR) is 178 cm³/mol. The Bertz CT molecular complexity index is 2050. The molecule has 3 aliphatic rings. The third kappa shape index (κ3) is 6.07. The summed E-state index contributed by atoms with van der Waals surface area (Å²) in [7, 11) is 1.36. The lowest BCUT2D eigenvalue weighted by Gasteiger charge is -2.36. The Morgan fingerprint density at radius 3 is 2.40 bits per heavy atom. The minimum absolute atomic E-state index is 0.0985. The highest BCUT2D eigenvalue weighted by Gasteiger charge is 2.36. The molecule has 1 heterocycles. The largest absolute Gasteiger partial charge is 0.466 e. The van der Waals surface area contributed by atoms with Crippen molar-refractivity contribution in [1.29, 1.82) is 0 Å². The zero-order valence-electron chi connectivity index (χ0n) is 26.5. The van der Waals surface area contributed by atoms with Gasteiger partial charge in [0.1, 0.15) is 18.0 Å². The van der Waals surface area contributed by atoms with Crippen molar-refractivity contribution in [1.82, 2.24) is 0 Å². The van der Waals surface area contributed by atoms with Gasteiger partial charge in [-0.25, -0.2) is 9.59 Å². The lowest BCUT2D eigenvalue weighted by Crippen LogP contribution is -2.21. The average Bonchev–Trinajstić information content (AvgIpc) is 3.06. The Hall–Kier alpha value is -5.13. The molecular formula is C40H33F3O4. The summed E-state index contributed by atoms with van der Waals surface area (Å²) in [6, 6.07) is 21.1. The zero-order chi connectivity index (χ0) is 33.5. The first-order valence-corrected chi connectivity index (χ1v) is 15.3. The van der Waals surface area contributed by atoms with Crippen LogP contribution < -0.4 is 4.74 Å². The second-order valence-corrected chi connectivity index (χ2v) is 12.7. The third-order valence-corrected chi connectivity index (χ3v) is 9.06. The number of rotatable bonds is 2. The van der Waals surface area contributed by atoms with E-state index in [1.54, 1.807) is 6.07 Å². The zero-order valence-corrected chi connectivity index (χ0v) is 26.5. The Balaban J connectivity index is 0.000000230. The second-order valence-electron chi connectivity index (χ2n) is 12.7. The van der Waals surface area contributed by atoms with Crippen molar-refractivity contribution >= 4 is 33.8 Å². The van der Waals surface area contributed by atoms with Crippen LogP contribution in [0.5, 0.6) is 5.75 Å². The number of benzene rings is 4. The monoisotopic (exact) mass is 634 g/mol. The maximum atomic E-state index is 13.8. The molecular weight excluding hydrogens is 601 g/mol. The van der Waals surface area contributed by atoms with Crippen LogP contribution in [0, 0.1) is 12.3 Å². The lowest BCUT2D eigenvalue weighted by molar-refractivity contribution is -0.137. The van der Waals surface area contributed by atoms with Gasteiger partial charge in [-0.15, -0.1) is 0 Å². The number of hydrogen-bond donors (Lipinski definition) is 0. The van der Waals surface area contributed by atoms with Gasteiger partial charge in [0.15, 0.2) is 0 Å². The molecule has 4 nitrogen and oxygen atoms in total. The van der Waals surface area contributed by atoms with Crippen molar-refractivity contribution in [2.24, 2.45) is 5.41 Å². The number of aryl methyl sites for hydroxylation is 1. The molecule has 0 unspecified atom stereocenters. The van der Waals surface area contributed by atoms with Gasteiger partial charge < -0.3 is 9.47 Å². The number of carbonyl (C=O) groups excluding carboxylic acids is 2. The molecule has 1 aliphatic heterocycles. The predicted octanol–water partition coefficient (Wildman–Crippen LogP) is 9.87. The number of esters is 1. The van der Waals surface area contributed by atoms with E-state index in [1.807, 2.05) is 61.5 Å². The molecule has 4 aromatic rings. The molecule has 0 fully saturated rings. The summed E-state index contributed by atoms with van der Waals surface area (Å²) in [6.07, 6.45) is 3.11. The first-order chi connectivity index (χ1) is 22.4. The lowest BCUT2D eigenvalue weighted by atomic mass is 9.67. The molecule has 0 N–H and O–H groups in total. The summed E-state index contributed by atoms with van der Waals surface area (Å²) in [4.78, 5) is 23.4. The van der Waals surface area contributed by atoms with E-state index in [0.717, 1.165) is 34.4 Å². The van der Waals surface area contributed by atoms with Crippen LogP contribution in [0.1, 0.15) is 54.5 Å². The van der Waals surface area contributed by atoms with Crippen molar-refractivity contribution in [3.05, 3.63) is 130 Å². The molecule has 0 saturated heterocycles. The maximum absolute atomic E-state index is 13.8. The molecule has 7 heteroatoms. The van der Waals surface area contributed by atoms with Crippen LogP contribution in [0.4, 0.5) is 13.2 Å². The van der Waals surface area contributed by atoms with Gasteiger partial charge >= 0.3 is 12.1 Å².